The normalized spacial score (nSPS) is 13.5. The van der Waals surface area contributed by atoms with E-state index < -0.39 is 24.7 Å². The van der Waals surface area contributed by atoms with Gasteiger partial charge in [0.25, 0.3) is 0 Å². The van der Waals surface area contributed by atoms with Gasteiger partial charge in [-0.15, -0.1) is 0 Å². The monoisotopic (exact) mass is 558 g/mol. The van der Waals surface area contributed by atoms with Gasteiger partial charge < -0.3 is 8.85 Å². The molecular weight excluding hydrogens is 513 g/mol. The van der Waals surface area contributed by atoms with Crippen molar-refractivity contribution in [1.29, 1.82) is 0 Å². The van der Waals surface area contributed by atoms with Crippen molar-refractivity contribution in [2.75, 3.05) is 0 Å². The molecule has 0 spiro atoms. The second-order valence-electron chi connectivity index (χ2n) is 12.2. The molecule has 0 saturated carbocycles. The van der Waals surface area contributed by atoms with Crippen molar-refractivity contribution in [3.63, 3.8) is 0 Å². The molecule has 0 heterocycles. The van der Waals surface area contributed by atoms with Crippen LogP contribution in [0.3, 0.4) is 0 Å². The highest BCUT2D eigenvalue weighted by molar-refractivity contribution is 7.16. The molecule has 0 saturated heterocycles. The minimum Gasteiger partial charge on any atom is -0.550 e. The maximum absolute atomic E-state index is 7.12. The molecule has 0 fully saturated rings. The number of hydrogen-bond acceptors (Lipinski definition) is 2. The highest BCUT2D eigenvalue weighted by atomic mass is 28.4. The van der Waals surface area contributed by atoms with E-state index in [-0.39, 0.29) is 0 Å². The van der Waals surface area contributed by atoms with E-state index >= 15 is 0 Å². The van der Waals surface area contributed by atoms with Crippen LogP contribution in [0.25, 0.3) is 0 Å². The molecule has 202 valence electrons. The average Bonchev–Trinajstić information content (AvgIpc) is 2.86. The number of hydrogen-bond donors (Lipinski definition) is 0. The van der Waals surface area contributed by atoms with Crippen LogP contribution in [0.1, 0.15) is 26.7 Å². The molecule has 3 rings (SSSR count). The molecule has 0 atom stereocenters. The quantitative estimate of drug-likeness (QED) is 0.0986. The van der Waals surface area contributed by atoms with Crippen molar-refractivity contribution < 1.29 is 8.85 Å². The highest BCUT2D eigenvalue weighted by Crippen LogP contribution is 2.25. The minimum absolute atomic E-state index is 0.384. The summed E-state index contributed by atoms with van der Waals surface area (Å²) in [6.07, 6.45) is 6.55. The van der Waals surface area contributed by atoms with Crippen LogP contribution in [-0.2, 0) is 8.85 Å². The van der Waals surface area contributed by atoms with E-state index in [0.29, 0.717) is 5.92 Å². The topological polar surface area (TPSA) is 18.5 Å². The molecule has 38 heavy (non-hydrogen) atoms. The summed E-state index contributed by atoms with van der Waals surface area (Å²) in [6.45, 7) is 18.1. The Bertz CT molecular complexity index is 1090. The molecule has 0 aliphatic heterocycles. The van der Waals surface area contributed by atoms with E-state index in [2.05, 4.69) is 156 Å². The van der Waals surface area contributed by atoms with E-state index in [1.54, 1.807) is 0 Å². The van der Waals surface area contributed by atoms with Gasteiger partial charge in [-0.2, -0.15) is 0 Å². The first-order chi connectivity index (χ1) is 17.9. The van der Waals surface area contributed by atoms with Crippen LogP contribution in [0.2, 0.25) is 39.3 Å². The Hall–Kier alpha value is -2.61. The second kappa shape index (κ2) is 13.0. The van der Waals surface area contributed by atoms with Gasteiger partial charge in [-0.25, -0.2) is 0 Å². The van der Waals surface area contributed by atoms with E-state index in [0.717, 1.165) is 24.0 Å². The first-order valence-corrected chi connectivity index (χ1v) is 22.7. The fourth-order valence-corrected chi connectivity index (χ4v) is 12.5. The zero-order valence-corrected chi connectivity index (χ0v) is 27.6. The van der Waals surface area contributed by atoms with Crippen molar-refractivity contribution in [3.05, 3.63) is 114 Å². The minimum atomic E-state index is -2.67. The van der Waals surface area contributed by atoms with Gasteiger partial charge in [0.05, 0.1) is 11.1 Å². The number of rotatable bonds is 12. The van der Waals surface area contributed by atoms with E-state index in [1.807, 2.05) is 0 Å². The average molecular weight is 559 g/mol. The van der Waals surface area contributed by atoms with Crippen molar-refractivity contribution in [2.45, 2.75) is 66.0 Å². The molecule has 0 aromatic heterocycles. The lowest BCUT2D eigenvalue weighted by Crippen LogP contribution is -2.69. The zero-order chi connectivity index (χ0) is 27.8. The summed E-state index contributed by atoms with van der Waals surface area (Å²) in [5.74, 6) is 1.51. The third-order valence-electron chi connectivity index (χ3n) is 6.24. The van der Waals surface area contributed by atoms with Gasteiger partial charge in [0.15, 0.2) is 0 Å². The van der Waals surface area contributed by atoms with Crippen molar-refractivity contribution in [1.82, 2.24) is 0 Å². The van der Waals surface area contributed by atoms with Gasteiger partial charge in [0.1, 0.15) is 0 Å². The van der Waals surface area contributed by atoms with Gasteiger partial charge in [0, 0.05) is 5.92 Å². The molecule has 0 unspecified atom stereocenters. The summed E-state index contributed by atoms with van der Waals surface area (Å²) >= 11 is 0. The van der Waals surface area contributed by atoms with Crippen molar-refractivity contribution >= 4 is 40.3 Å². The van der Waals surface area contributed by atoms with Crippen molar-refractivity contribution in [3.8, 4) is 0 Å². The Balaban J connectivity index is 2.20. The van der Waals surface area contributed by atoms with Crippen LogP contribution in [-0.4, -0.2) is 24.7 Å². The molecule has 2 nitrogen and oxygen atoms in total. The van der Waals surface area contributed by atoms with Gasteiger partial charge in [-0.3, -0.25) is 0 Å². The lowest BCUT2D eigenvalue weighted by molar-refractivity contribution is 0.361. The third kappa shape index (κ3) is 7.95. The summed E-state index contributed by atoms with van der Waals surface area (Å²) in [7, 11) is -6.26. The number of allylic oxidation sites excluding steroid dienone is 3. The summed E-state index contributed by atoms with van der Waals surface area (Å²) in [6, 6.07) is 33.1. The zero-order valence-electron chi connectivity index (χ0n) is 24.6. The Labute approximate surface area is 234 Å². The van der Waals surface area contributed by atoms with Gasteiger partial charge in [-0.05, 0) is 73.8 Å². The fraction of sp³-hybridized carbons (Fsp3) is 0.333. The molecule has 3 aromatic carbocycles. The Morgan fingerprint density at radius 3 is 1.29 bits per heavy atom. The van der Waals surface area contributed by atoms with Crippen LogP contribution in [0.5, 0.6) is 0 Å². The molecule has 0 aliphatic rings. The summed E-state index contributed by atoms with van der Waals surface area (Å²) in [4.78, 5) is 0. The van der Waals surface area contributed by atoms with Gasteiger partial charge >= 0.3 is 0 Å². The Kier molecular flexibility index (Phi) is 10.2. The molecule has 3 aromatic rings. The van der Waals surface area contributed by atoms with Gasteiger partial charge in [-0.1, -0.05) is 111 Å². The van der Waals surface area contributed by atoms with Crippen LogP contribution in [0.15, 0.2) is 114 Å². The maximum Gasteiger partial charge on any atom is 0.241 e. The lowest BCUT2D eigenvalue weighted by atomic mass is 10.1. The predicted octanol–water partition coefficient (Wildman–Crippen LogP) is 7.60. The number of unbranched alkanes of at least 4 members (excludes halogenated alkanes) is 1. The van der Waals surface area contributed by atoms with E-state index in [1.165, 1.54) is 15.6 Å². The molecule has 5 heteroatoms. The maximum atomic E-state index is 7.12. The molecular formula is C33H46O2Si3. The Morgan fingerprint density at radius 2 is 0.947 bits per heavy atom. The molecule has 0 aliphatic carbocycles. The lowest BCUT2D eigenvalue weighted by Gasteiger charge is -2.38. The van der Waals surface area contributed by atoms with Crippen LogP contribution < -0.4 is 15.6 Å². The first kappa shape index (κ1) is 29.9. The first-order valence-electron chi connectivity index (χ1n) is 13.9. The molecule has 0 bridgehead atoms. The number of benzene rings is 3. The summed E-state index contributed by atoms with van der Waals surface area (Å²) in [5, 5.41) is 5.21. The SMILES string of the molecule is CC(C)/C(=C/CC/C=C(\O[Si](C)(C)C)[Si](c1ccccc1)(c1ccccc1)c1ccccc1)O[Si](C)(C)C. The van der Waals surface area contributed by atoms with Crippen LogP contribution >= 0.6 is 0 Å². The van der Waals surface area contributed by atoms with Crippen molar-refractivity contribution in [2.24, 2.45) is 5.92 Å². The third-order valence-corrected chi connectivity index (χ3v) is 12.8. The van der Waals surface area contributed by atoms with E-state index in [9.17, 15) is 0 Å². The summed E-state index contributed by atoms with van der Waals surface area (Å²) in [5.41, 5.74) is 0. The smallest absolute Gasteiger partial charge is 0.241 e. The van der Waals surface area contributed by atoms with E-state index in [4.69, 9.17) is 8.85 Å². The highest BCUT2D eigenvalue weighted by Gasteiger charge is 2.45. The molecule has 0 radical (unpaired) electrons. The predicted molar refractivity (Wildman–Crippen MR) is 173 cm³/mol. The standard InChI is InChI=1S/C33H46O2Si3/c1-28(2)32(34-36(3,4)5)26-18-19-27-33(35-37(6,7)8)38(29-20-12-9-13-21-29,30-22-14-10-15-23-30)31-24-16-11-17-25-31/h9-17,20-28H,18-19H2,1-8H3/b32-26-,33-27+. The summed E-state index contributed by atoms with van der Waals surface area (Å²) < 4.78 is 13.5. The second-order valence-corrected chi connectivity index (χ2v) is 24.8. The van der Waals surface area contributed by atoms with Crippen LogP contribution in [0.4, 0.5) is 0 Å². The van der Waals surface area contributed by atoms with Crippen LogP contribution in [0, 0.1) is 5.92 Å². The molecule has 0 N–H and O–H groups in total. The van der Waals surface area contributed by atoms with Gasteiger partial charge in [0.2, 0.25) is 24.7 Å². The Morgan fingerprint density at radius 1 is 0.579 bits per heavy atom. The largest absolute Gasteiger partial charge is 0.550 e. The fourth-order valence-electron chi connectivity index (χ4n) is 4.78. The molecule has 0 amide bonds.